The summed E-state index contributed by atoms with van der Waals surface area (Å²) in [6.07, 6.45) is 2.13. The van der Waals surface area contributed by atoms with Crippen LogP contribution in [-0.4, -0.2) is 25.9 Å². The molecule has 1 amide bonds. The Labute approximate surface area is 163 Å². The summed E-state index contributed by atoms with van der Waals surface area (Å²) in [6.45, 7) is 0.394. The van der Waals surface area contributed by atoms with Crippen molar-refractivity contribution in [1.82, 2.24) is 10.3 Å². The number of pyridine rings is 1. The fraction of sp³-hybridized carbons (Fsp3) is 0.100. The van der Waals surface area contributed by atoms with E-state index in [1.165, 1.54) is 12.1 Å². The number of sulfonamides is 1. The number of hydrogen-bond donors (Lipinski definition) is 3. The van der Waals surface area contributed by atoms with Gasteiger partial charge in [0, 0.05) is 24.1 Å². The van der Waals surface area contributed by atoms with Crippen LogP contribution in [0.4, 0.5) is 11.4 Å². The van der Waals surface area contributed by atoms with Crippen molar-refractivity contribution in [3.05, 3.63) is 84.2 Å². The van der Waals surface area contributed by atoms with Crippen molar-refractivity contribution in [3.63, 3.8) is 0 Å². The molecule has 0 bridgehead atoms. The Morgan fingerprint density at radius 2 is 1.68 bits per heavy atom. The minimum atomic E-state index is -3.70. The molecule has 7 nitrogen and oxygen atoms in total. The number of nitrogens with zero attached hydrogens (tertiary/aromatic N) is 1. The highest BCUT2D eigenvalue weighted by atomic mass is 32.2. The van der Waals surface area contributed by atoms with Crippen molar-refractivity contribution in [1.29, 1.82) is 0 Å². The third-order valence-corrected chi connectivity index (χ3v) is 4.94. The summed E-state index contributed by atoms with van der Waals surface area (Å²) in [6, 6.07) is 19.4. The molecule has 0 saturated heterocycles. The largest absolute Gasteiger partial charge is 0.355 e. The molecule has 3 rings (SSSR count). The Hall–Kier alpha value is -3.23. The zero-order valence-electron chi connectivity index (χ0n) is 15.0. The maximum Gasteiger partial charge on any atom is 0.269 e. The average Bonchev–Trinajstić information content (AvgIpc) is 2.68. The molecule has 0 radical (unpaired) electrons. The van der Waals surface area contributed by atoms with E-state index in [4.69, 9.17) is 5.14 Å². The maximum atomic E-state index is 12.3. The lowest BCUT2D eigenvalue weighted by Crippen LogP contribution is -2.26. The van der Waals surface area contributed by atoms with Gasteiger partial charge in [-0.05, 0) is 48.4 Å². The van der Waals surface area contributed by atoms with Gasteiger partial charge in [-0.1, -0.05) is 30.3 Å². The van der Waals surface area contributed by atoms with Gasteiger partial charge in [-0.15, -0.1) is 0 Å². The van der Waals surface area contributed by atoms with E-state index in [9.17, 15) is 13.2 Å². The number of amides is 1. The SMILES string of the molecule is NS(=O)(=O)c1ccc(CCNC(=O)c2cc(Nc3ccccc3)ccn2)cc1. The molecule has 0 aliphatic carbocycles. The Bertz CT molecular complexity index is 1050. The van der Waals surface area contributed by atoms with Crippen LogP contribution in [0.3, 0.4) is 0 Å². The zero-order chi connectivity index (χ0) is 20.0. The van der Waals surface area contributed by atoms with Crippen molar-refractivity contribution >= 4 is 27.3 Å². The smallest absolute Gasteiger partial charge is 0.269 e. The summed E-state index contributed by atoms with van der Waals surface area (Å²) in [5.74, 6) is -0.280. The van der Waals surface area contributed by atoms with Crippen LogP contribution < -0.4 is 15.8 Å². The summed E-state index contributed by atoms with van der Waals surface area (Å²) >= 11 is 0. The first-order valence-electron chi connectivity index (χ1n) is 8.60. The lowest BCUT2D eigenvalue weighted by atomic mass is 10.1. The molecule has 4 N–H and O–H groups in total. The first-order chi connectivity index (χ1) is 13.4. The second-order valence-electron chi connectivity index (χ2n) is 6.12. The quantitative estimate of drug-likeness (QED) is 0.568. The van der Waals surface area contributed by atoms with Gasteiger partial charge in [0.2, 0.25) is 10.0 Å². The van der Waals surface area contributed by atoms with Crippen LogP contribution in [0.25, 0.3) is 0 Å². The molecule has 0 spiro atoms. The van der Waals surface area contributed by atoms with E-state index in [1.807, 2.05) is 30.3 Å². The van der Waals surface area contributed by atoms with E-state index in [-0.39, 0.29) is 10.8 Å². The molecular weight excluding hydrogens is 376 g/mol. The highest BCUT2D eigenvalue weighted by Gasteiger charge is 2.09. The third-order valence-electron chi connectivity index (χ3n) is 4.01. The van der Waals surface area contributed by atoms with Crippen LogP contribution in [0.1, 0.15) is 16.1 Å². The number of aromatic nitrogens is 1. The van der Waals surface area contributed by atoms with Crippen LogP contribution >= 0.6 is 0 Å². The Morgan fingerprint density at radius 3 is 2.36 bits per heavy atom. The number of carbonyl (C=O) groups excluding carboxylic acids is 1. The van der Waals surface area contributed by atoms with E-state index in [1.54, 1.807) is 30.5 Å². The monoisotopic (exact) mass is 396 g/mol. The van der Waals surface area contributed by atoms with Crippen LogP contribution in [0.5, 0.6) is 0 Å². The standard InChI is InChI=1S/C20H20N4O3S/c21-28(26,27)18-8-6-15(7-9-18)10-12-23-20(25)19-14-17(11-13-22-19)24-16-4-2-1-3-5-16/h1-9,11,13-14H,10,12H2,(H,22,24)(H,23,25)(H2,21,26,27). The van der Waals surface area contributed by atoms with Gasteiger partial charge in [-0.25, -0.2) is 13.6 Å². The Morgan fingerprint density at radius 1 is 0.964 bits per heavy atom. The number of hydrogen-bond acceptors (Lipinski definition) is 5. The lowest BCUT2D eigenvalue weighted by molar-refractivity contribution is 0.0949. The number of para-hydroxylation sites is 1. The minimum absolute atomic E-state index is 0.0622. The predicted octanol–water partition coefficient (Wildman–Crippen LogP) is 2.45. The van der Waals surface area contributed by atoms with Crippen LogP contribution in [0.2, 0.25) is 0 Å². The van der Waals surface area contributed by atoms with Crippen molar-refractivity contribution < 1.29 is 13.2 Å². The second-order valence-corrected chi connectivity index (χ2v) is 7.68. The topological polar surface area (TPSA) is 114 Å². The predicted molar refractivity (Wildman–Crippen MR) is 108 cm³/mol. The molecule has 0 saturated carbocycles. The van der Waals surface area contributed by atoms with Crippen molar-refractivity contribution in [2.75, 3.05) is 11.9 Å². The van der Waals surface area contributed by atoms with E-state index in [2.05, 4.69) is 15.6 Å². The molecule has 8 heteroatoms. The fourth-order valence-corrected chi connectivity index (χ4v) is 3.09. The van der Waals surface area contributed by atoms with Crippen molar-refractivity contribution in [2.24, 2.45) is 5.14 Å². The highest BCUT2D eigenvalue weighted by Crippen LogP contribution is 2.16. The molecule has 0 atom stereocenters. The zero-order valence-corrected chi connectivity index (χ0v) is 15.8. The second kappa shape index (κ2) is 8.64. The Balaban J connectivity index is 1.55. The van der Waals surface area contributed by atoms with E-state index < -0.39 is 10.0 Å². The highest BCUT2D eigenvalue weighted by molar-refractivity contribution is 7.89. The third kappa shape index (κ3) is 5.38. The number of benzene rings is 2. The fourth-order valence-electron chi connectivity index (χ4n) is 2.58. The molecule has 144 valence electrons. The molecule has 2 aromatic carbocycles. The lowest BCUT2D eigenvalue weighted by Gasteiger charge is -2.09. The van der Waals surface area contributed by atoms with Crippen molar-refractivity contribution in [3.8, 4) is 0 Å². The summed E-state index contributed by atoms with van der Waals surface area (Å²) in [4.78, 5) is 16.5. The van der Waals surface area contributed by atoms with Gasteiger partial charge in [-0.3, -0.25) is 9.78 Å². The van der Waals surface area contributed by atoms with Gasteiger partial charge in [0.25, 0.3) is 5.91 Å². The van der Waals surface area contributed by atoms with Gasteiger partial charge in [-0.2, -0.15) is 0 Å². The molecule has 1 aromatic heterocycles. The first-order valence-corrected chi connectivity index (χ1v) is 10.1. The normalized spacial score (nSPS) is 11.0. The number of carbonyl (C=O) groups is 1. The van der Waals surface area contributed by atoms with E-state index >= 15 is 0 Å². The van der Waals surface area contributed by atoms with Gasteiger partial charge in [0.05, 0.1) is 4.90 Å². The van der Waals surface area contributed by atoms with Gasteiger partial charge >= 0.3 is 0 Å². The summed E-state index contributed by atoms with van der Waals surface area (Å²) in [5, 5.41) is 11.1. The molecule has 0 aliphatic heterocycles. The van der Waals surface area contributed by atoms with Gasteiger partial charge in [0.15, 0.2) is 0 Å². The Kier molecular flexibility index (Phi) is 6.03. The maximum absolute atomic E-state index is 12.3. The molecule has 0 unspecified atom stereocenters. The minimum Gasteiger partial charge on any atom is -0.355 e. The van der Waals surface area contributed by atoms with Crippen molar-refractivity contribution in [2.45, 2.75) is 11.3 Å². The molecule has 1 heterocycles. The van der Waals surface area contributed by atoms with E-state index in [0.29, 0.717) is 18.7 Å². The molecular formula is C20H20N4O3S. The molecule has 0 fully saturated rings. The summed E-state index contributed by atoms with van der Waals surface area (Å²) in [5.41, 5.74) is 2.89. The average molecular weight is 396 g/mol. The van der Waals surface area contributed by atoms with Crippen LogP contribution in [0, 0.1) is 0 Å². The number of primary sulfonamides is 1. The van der Waals surface area contributed by atoms with Gasteiger partial charge in [0.1, 0.15) is 5.69 Å². The molecule has 3 aromatic rings. The first kappa shape index (κ1) is 19.5. The summed E-state index contributed by atoms with van der Waals surface area (Å²) < 4.78 is 22.5. The molecule has 28 heavy (non-hydrogen) atoms. The number of anilines is 2. The number of nitrogens with one attached hydrogen (secondary N) is 2. The summed E-state index contributed by atoms with van der Waals surface area (Å²) in [7, 11) is -3.70. The number of rotatable bonds is 7. The molecule has 0 aliphatic rings. The number of nitrogens with two attached hydrogens (primary N) is 1. The van der Waals surface area contributed by atoms with Crippen LogP contribution in [-0.2, 0) is 16.4 Å². The van der Waals surface area contributed by atoms with Crippen LogP contribution in [0.15, 0.2) is 77.8 Å². The van der Waals surface area contributed by atoms with E-state index in [0.717, 1.165) is 16.9 Å². The van der Waals surface area contributed by atoms with Gasteiger partial charge < -0.3 is 10.6 Å².